The van der Waals surface area contributed by atoms with Gasteiger partial charge in [-0.2, -0.15) is 0 Å². The summed E-state index contributed by atoms with van der Waals surface area (Å²) in [5.74, 6) is 0.805. The maximum absolute atomic E-state index is 5.67. The van der Waals surface area contributed by atoms with Gasteiger partial charge in [0.1, 0.15) is 5.75 Å². The highest BCUT2D eigenvalue weighted by Gasteiger charge is 2.04. The molecular formula is C14H15NO2. The van der Waals surface area contributed by atoms with E-state index in [1.54, 1.807) is 7.11 Å². The van der Waals surface area contributed by atoms with Gasteiger partial charge in [0.15, 0.2) is 6.79 Å². The number of hydrogen-bond donors (Lipinski definition) is 1. The largest absolute Gasteiger partial charge is 0.467 e. The van der Waals surface area contributed by atoms with Crippen molar-refractivity contribution in [1.82, 2.24) is 0 Å². The van der Waals surface area contributed by atoms with Gasteiger partial charge in [-0.3, -0.25) is 0 Å². The number of anilines is 1. The Morgan fingerprint density at radius 2 is 1.71 bits per heavy atom. The number of para-hydroxylation sites is 1. The Labute approximate surface area is 101 Å². The monoisotopic (exact) mass is 229 g/mol. The molecule has 0 bridgehead atoms. The first-order valence-corrected chi connectivity index (χ1v) is 5.38. The summed E-state index contributed by atoms with van der Waals surface area (Å²) in [6.45, 7) is 0.242. The third kappa shape index (κ3) is 2.77. The van der Waals surface area contributed by atoms with Gasteiger partial charge >= 0.3 is 0 Å². The van der Waals surface area contributed by atoms with Gasteiger partial charge in [0, 0.05) is 18.4 Å². The molecule has 0 fully saturated rings. The molecule has 3 nitrogen and oxygen atoms in total. The molecule has 2 aromatic rings. The zero-order chi connectivity index (χ0) is 12.1. The lowest BCUT2D eigenvalue weighted by Crippen LogP contribution is -2.00. The molecule has 17 heavy (non-hydrogen) atoms. The molecule has 0 amide bonds. The average Bonchev–Trinajstić information content (AvgIpc) is 2.38. The third-order valence-electron chi connectivity index (χ3n) is 2.44. The molecule has 88 valence electrons. The summed E-state index contributed by atoms with van der Waals surface area (Å²) in [5, 5.41) is 0. The molecule has 0 spiro atoms. The molecule has 0 aliphatic heterocycles. The molecule has 0 radical (unpaired) electrons. The Morgan fingerprint density at radius 1 is 1.00 bits per heavy atom. The summed E-state index contributed by atoms with van der Waals surface area (Å²) >= 11 is 0. The van der Waals surface area contributed by atoms with Gasteiger partial charge < -0.3 is 15.2 Å². The Bertz CT molecular complexity index is 480. The number of benzene rings is 2. The van der Waals surface area contributed by atoms with Crippen LogP contribution < -0.4 is 10.5 Å². The van der Waals surface area contributed by atoms with Crippen molar-refractivity contribution in [2.24, 2.45) is 0 Å². The molecule has 0 aliphatic rings. The van der Waals surface area contributed by atoms with E-state index in [2.05, 4.69) is 0 Å². The highest BCUT2D eigenvalue weighted by atomic mass is 16.7. The maximum atomic E-state index is 5.67. The van der Waals surface area contributed by atoms with E-state index in [0.29, 0.717) is 0 Å². The van der Waals surface area contributed by atoms with Crippen molar-refractivity contribution < 1.29 is 9.47 Å². The van der Waals surface area contributed by atoms with Gasteiger partial charge in [0.25, 0.3) is 0 Å². The van der Waals surface area contributed by atoms with Crippen LogP contribution in [0.5, 0.6) is 5.75 Å². The van der Waals surface area contributed by atoms with E-state index in [1.807, 2.05) is 48.5 Å². The van der Waals surface area contributed by atoms with Crippen LogP contribution in [0.2, 0.25) is 0 Å². The van der Waals surface area contributed by atoms with E-state index < -0.39 is 0 Å². The molecule has 0 saturated carbocycles. The Morgan fingerprint density at radius 3 is 2.41 bits per heavy atom. The lowest BCUT2D eigenvalue weighted by Gasteiger charge is -2.10. The fourth-order valence-corrected chi connectivity index (χ4v) is 1.62. The van der Waals surface area contributed by atoms with Gasteiger partial charge in [-0.1, -0.05) is 30.3 Å². The number of ether oxygens (including phenoxy) is 2. The van der Waals surface area contributed by atoms with Crippen molar-refractivity contribution >= 4 is 5.69 Å². The second-order valence-corrected chi connectivity index (χ2v) is 3.67. The van der Waals surface area contributed by atoms with Gasteiger partial charge in [-0.05, 0) is 23.8 Å². The highest BCUT2D eigenvalue weighted by Crippen LogP contribution is 2.30. The second-order valence-electron chi connectivity index (χ2n) is 3.67. The first-order valence-electron chi connectivity index (χ1n) is 5.38. The summed E-state index contributed by atoms with van der Waals surface area (Å²) in [7, 11) is 1.60. The molecule has 2 N–H and O–H groups in total. The Kier molecular flexibility index (Phi) is 3.62. The van der Waals surface area contributed by atoms with E-state index in [1.165, 1.54) is 0 Å². The fourth-order valence-electron chi connectivity index (χ4n) is 1.62. The van der Waals surface area contributed by atoms with Crippen molar-refractivity contribution in [3.8, 4) is 16.9 Å². The van der Waals surface area contributed by atoms with Gasteiger partial charge in [-0.15, -0.1) is 0 Å². The number of nitrogens with two attached hydrogens (primary N) is 1. The predicted octanol–water partition coefficient (Wildman–Crippen LogP) is 2.92. The van der Waals surface area contributed by atoms with Crippen LogP contribution in [0.15, 0.2) is 48.5 Å². The zero-order valence-electron chi connectivity index (χ0n) is 9.72. The molecular weight excluding hydrogens is 214 g/mol. The molecule has 0 aliphatic carbocycles. The first-order chi connectivity index (χ1) is 8.31. The summed E-state index contributed by atoms with van der Waals surface area (Å²) in [6.07, 6.45) is 0. The van der Waals surface area contributed by atoms with E-state index >= 15 is 0 Å². The van der Waals surface area contributed by atoms with E-state index in [9.17, 15) is 0 Å². The summed E-state index contributed by atoms with van der Waals surface area (Å²) in [4.78, 5) is 0. The predicted molar refractivity (Wildman–Crippen MR) is 68.8 cm³/mol. The zero-order valence-corrected chi connectivity index (χ0v) is 9.72. The standard InChI is InChI=1S/C14H15NO2/c1-16-10-17-14-5-3-2-4-13(14)11-6-8-12(15)9-7-11/h2-9H,10,15H2,1H3. The minimum Gasteiger partial charge on any atom is -0.467 e. The molecule has 0 unspecified atom stereocenters. The molecule has 2 aromatic carbocycles. The smallest absolute Gasteiger partial charge is 0.188 e. The van der Waals surface area contributed by atoms with Crippen LogP contribution in [-0.2, 0) is 4.74 Å². The van der Waals surface area contributed by atoms with Crippen molar-refractivity contribution in [1.29, 1.82) is 0 Å². The molecule has 2 rings (SSSR count). The minimum absolute atomic E-state index is 0.242. The van der Waals surface area contributed by atoms with Crippen molar-refractivity contribution in [3.63, 3.8) is 0 Å². The molecule has 0 heterocycles. The Balaban J connectivity index is 2.33. The quantitative estimate of drug-likeness (QED) is 0.647. The normalized spacial score (nSPS) is 10.2. The van der Waals surface area contributed by atoms with Crippen LogP contribution in [0.1, 0.15) is 0 Å². The third-order valence-corrected chi connectivity index (χ3v) is 2.44. The average molecular weight is 229 g/mol. The van der Waals surface area contributed by atoms with E-state index in [-0.39, 0.29) is 6.79 Å². The summed E-state index contributed by atoms with van der Waals surface area (Å²) < 4.78 is 10.4. The van der Waals surface area contributed by atoms with Crippen molar-refractivity contribution in [3.05, 3.63) is 48.5 Å². The first kappa shape index (κ1) is 11.5. The lowest BCUT2D eigenvalue weighted by molar-refractivity contribution is 0.0515. The maximum Gasteiger partial charge on any atom is 0.188 e. The number of nitrogen functional groups attached to an aromatic ring is 1. The van der Waals surface area contributed by atoms with Gasteiger partial charge in [-0.25, -0.2) is 0 Å². The highest BCUT2D eigenvalue weighted by molar-refractivity contribution is 5.71. The van der Waals surface area contributed by atoms with Crippen LogP contribution in [0.3, 0.4) is 0 Å². The molecule has 0 saturated heterocycles. The second kappa shape index (κ2) is 5.37. The summed E-state index contributed by atoms with van der Waals surface area (Å²) in [5.41, 5.74) is 8.53. The SMILES string of the molecule is COCOc1ccccc1-c1ccc(N)cc1. The van der Waals surface area contributed by atoms with Crippen LogP contribution >= 0.6 is 0 Å². The van der Waals surface area contributed by atoms with E-state index in [4.69, 9.17) is 15.2 Å². The Hall–Kier alpha value is -2.00. The topological polar surface area (TPSA) is 44.5 Å². The number of methoxy groups -OCH3 is 1. The van der Waals surface area contributed by atoms with Gasteiger partial charge in [0.05, 0.1) is 0 Å². The number of rotatable bonds is 4. The number of hydrogen-bond acceptors (Lipinski definition) is 3. The molecule has 0 aromatic heterocycles. The molecule has 0 atom stereocenters. The van der Waals surface area contributed by atoms with Crippen LogP contribution in [0.4, 0.5) is 5.69 Å². The van der Waals surface area contributed by atoms with Crippen LogP contribution in [0.25, 0.3) is 11.1 Å². The van der Waals surface area contributed by atoms with Gasteiger partial charge in [0.2, 0.25) is 0 Å². The molecule has 3 heteroatoms. The van der Waals surface area contributed by atoms with Crippen LogP contribution in [-0.4, -0.2) is 13.9 Å². The van der Waals surface area contributed by atoms with Crippen LogP contribution in [0, 0.1) is 0 Å². The minimum atomic E-state index is 0.242. The van der Waals surface area contributed by atoms with Crippen molar-refractivity contribution in [2.45, 2.75) is 0 Å². The summed E-state index contributed by atoms with van der Waals surface area (Å²) in [6, 6.07) is 15.6. The lowest BCUT2D eigenvalue weighted by atomic mass is 10.0. The fraction of sp³-hybridized carbons (Fsp3) is 0.143. The van der Waals surface area contributed by atoms with Crippen molar-refractivity contribution in [2.75, 3.05) is 19.6 Å². The van der Waals surface area contributed by atoms with E-state index in [0.717, 1.165) is 22.6 Å².